The van der Waals surface area contributed by atoms with Crippen molar-refractivity contribution in [2.75, 3.05) is 6.61 Å². The van der Waals surface area contributed by atoms with E-state index in [9.17, 15) is 9.18 Å². The van der Waals surface area contributed by atoms with Crippen LogP contribution in [0.15, 0.2) is 42.5 Å². The monoisotopic (exact) mass is 343 g/mol. The largest absolute Gasteiger partial charge is 0.487 e. The number of rotatable bonds is 4. The van der Waals surface area contributed by atoms with Crippen LogP contribution in [-0.4, -0.2) is 18.1 Å². The molecule has 0 aliphatic carbocycles. The quantitative estimate of drug-likeness (QED) is 0.915. The van der Waals surface area contributed by atoms with Gasteiger partial charge in [0.2, 0.25) is 0 Å². The molecule has 1 atom stereocenters. The molecule has 0 saturated heterocycles. The van der Waals surface area contributed by atoms with Crippen LogP contribution < -0.4 is 14.8 Å². The van der Waals surface area contributed by atoms with Gasteiger partial charge in [0.25, 0.3) is 5.91 Å². The number of halogens is 1. The molecule has 0 fully saturated rings. The second-order valence-corrected chi connectivity index (χ2v) is 6.97. The van der Waals surface area contributed by atoms with Crippen LogP contribution in [0.1, 0.15) is 37.4 Å². The summed E-state index contributed by atoms with van der Waals surface area (Å²) in [6, 6.07) is 11.4. The Balaban J connectivity index is 1.67. The number of ether oxygens (including phenoxy) is 2. The molecule has 1 aliphatic rings. The molecule has 1 amide bonds. The molecule has 5 heteroatoms. The first-order valence-corrected chi connectivity index (χ1v) is 8.30. The third-order valence-electron chi connectivity index (χ3n) is 4.15. The Morgan fingerprint density at radius 2 is 2.00 bits per heavy atom. The predicted molar refractivity (Wildman–Crippen MR) is 93.3 cm³/mol. The zero-order chi connectivity index (χ0) is 18.0. The van der Waals surface area contributed by atoms with Gasteiger partial charge in [0.1, 0.15) is 22.9 Å². The van der Waals surface area contributed by atoms with Crippen LogP contribution in [0, 0.1) is 12.7 Å². The Labute approximate surface area is 147 Å². The van der Waals surface area contributed by atoms with Crippen molar-refractivity contribution < 1.29 is 18.7 Å². The zero-order valence-corrected chi connectivity index (χ0v) is 14.6. The number of carbonyl (C=O) groups is 1. The minimum Gasteiger partial charge on any atom is -0.487 e. The highest BCUT2D eigenvalue weighted by molar-refractivity contribution is 5.78. The number of fused-ring (bicyclic) bond motifs is 1. The summed E-state index contributed by atoms with van der Waals surface area (Å²) in [5, 5.41) is 3.01. The van der Waals surface area contributed by atoms with E-state index in [2.05, 4.69) is 5.32 Å². The van der Waals surface area contributed by atoms with Gasteiger partial charge in [-0.3, -0.25) is 4.79 Å². The van der Waals surface area contributed by atoms with Gasteiger partial charge in [-0.2, -0.15) is 0 Å². The van der Waals surface area contributed by atoms with Crippen LogP contribution in [0.2, 0.25) is 0 Å². The van der Waals surface area contributed by atoms with Gasteiger partial charge in [-0.15, -0.1) is 0 Å². The molecule has 2 aromatic carbocycles. The number of hydrogen-bond acceptors (Lipinski definition) is 3. The van der Waals surface area contributed by atoms with Gasteiger partial charge < -0.3 is 14.8 Å². The summed E-state index contributed by atoms with van der Waals surface area (Å²) < 4.78 is 24.3. The van der Waals surface area contributed by atoms with Gasteiger partial charge in [-0.05, 0) is 56.7 Å². The summed E-state index contributed by atoms with van der Waals surface area (Å²) in [7, 11) is 0. The summed E-state index contributed by atoms with van der Waals surface area (Å²) >= 11 is 0. The maximum absolute atomic E-state index is 12.9. The number of benzene rings is 2. The minimum atomic E-state index is -0.365. The summed E-state index contributed by atoms with van der Waals surface area (Å²) in [5.74, 6) is 0.701. The molecule has 0 spiro atoms. The van der Waals surface area contributed by atoms with Crippen LogP contribution in [0.4, 0.5) is 4.39 Å². The van der Waals surface area contributed by atoms with Gasteiger partial charge in [0.15, 0.2) is 6.61 Å². The lowest BCUT2D eigenvalue weighted by atomic mass is 9.89. The van der Waals surface area contributed by atoms with E-state index in [0.29, 0.717) is 12.2 Å². The molecule has 0 aromatic heterocycles. The van der Waals surface area contributed by atoms with Crippen molar-refractivity contribution in [3.63, 3.8) is 0 Å². The highest BCUT2D eigenvalue weighted by Gasteiger charge is 2.34. The topological polar surface area (TPSA) is 47.6 Å². The predicted octanol–water partition coefficient (Wildman–Crippen LogP) is 3.93. The lowest BCUT2D eigenvalue weighted by Gasteiger charge is -2.38. The molecule has 0 radical (unpaired) electrons. The number of amides is 1. The maximum Gasteiger partial charge on any atom is 0.258 e. The third-order valence-corrected chi connectivity index (χ3v) is 4.15. The van der Waals surface area contributed by atoms with Crippen LogP contribution in [0.5, 0.6) is 11.5 Å². The van der Waals surface area contributed by atoms with Crippen molar-refractivity contribution in [1.82, 2.24) is 5.32 Å². The van der Waals surface area contributed by atoms with Crippen molar-refractivity contribution in [1.29, 1.82) is 0 Å². The maximum atomic E-state index is 12.9. The van der Waals surface area contributed by atoms with E-state index in [0.717, 1.165) is 16.9 Å². The fourth-order valence-electron chi connectivity index (χ4n) is 3.00. The van der Waals surface area contributed by atoms with E-state index >= 15 is 0 Å². The lowest BCUT2D eigenvalue weighted by Crippen LogP contribution is -2.42. The molecule has 4 nitrogen and oxygen atoms in total. The first-order chi connectivity index (χ1) is 11.8. The van der Waals surface area contributed by atoms with Crippen molar-refractivity contribution in [3.05, 3.63) is 59.4 Å². The highest BCUT2D eigenvalue weighted by atomic mass is 19.1. The summed E-state index contributed by atoms with van der Waals surface area (Å²) in [5.41, 5.74) is 1.72. The van der Waals surface area contributed by atoms with Crippen LogP contribution in [0.3, 0.4) is 0 Å². The average Bonchev–Trinajstić information content (AvgIpc) is 2.52. The number of carbonyl (C=O) groups excluding carboxylic acids is 1. The number of nitrogens with one attached hydrogen (secondary N) is 1. The average molecular weight is 343 g/mol. The molecule has 3 rings (SSSR count). The second kappa shape index (κ2) is 6.75. The minimum absolute atomic E-state index is 0.120. The first kappa shape index (κ1) is 17.3. The Bertz CT molecular complexity index is 771. The molecule has 1 N–H and O–H groups in total. The standard InChI is InChI=1S/C20H22FNO3/c1-13-4-9-16-17(11-20(2,3)25-18(16)10-13)22-19(23)12-24-15-7-5-14(21)6-8-15/h4-10,17H,11-12H2,1-3H3,(H,22,23). The van der Waals surface area contributed by atoms with Crippen LogP contribution >= 0.6 is 0 Å². The molecule has 2 aromatic rings. The summed E-state index contributed by atoms with van der Waals surface area (Å²) in [6.07, 6.45) is 0.672. The van der Waals surface area contributed by atoms with Crippen molar-refractivity contribution in [2.24, 2.45) is 0 Å². The Kier molecular flexibility index (Phi) is 4.66. The molecule has 0 bridgehead atoms. The van der Waals surface area contributed by atoms with E-state index in [-0.39, 0.29) is 30.0 Å². The fourth-order valence-corrected chi connectivity index (χ4v) is 3.00. The van der Waals surface area contributed by atoms with E-state index in [4.69, 9.17) is 9.47 Å². The molecular formula is C20H22FNO3. The zero-order valence-electron chi connectivity index (χ0n) is 14.6. The van der Waals surface area contributed by atoms with Crippen molar-refractivity contribution >= 4 is 5.91 Å². The second-order valence-electron chi connectivity index (χ2n) is 6.97. The van der Waals surface area contributed by atoms with E-state index in [1.54, 1.807) is 0 Å². The fraction of sp³-hybridized carbons (Fsp3) is 0.350. The molecule has 0 saturated carbocycles. The third kappa shape index (κ3) is 4.29. The summed E-state index contributed by atoms with van der Waals surface area (Å²) in [4.78, 5) is 12.3. The molecule has 1 heterocycles. The van der Waals surface area contributed by atoms with Crippen LogP contribution in [-0.2, 0) is 4.79 Å². The number of hydrogen-bond donors (Lipinski definition) is 1. The Morgan fingerprint density at radius 1 is 1.28 bits per heavy atom. The van der Waals surface area contributed by atoms with Crippen molar-refractivity contribution in [2.45, 2.75) is 38.8 Å². The molecule has 1 unspecified atom stereocenters. The molecule has 25 heavy (non-hydrogen) atoms. The first-order valence-electron chi connectivity index (χ1n) is 8.30. The molecular weight excluding hydrogens is 321 g/mol. The van der Waals surface area contributed by atoms with Gasteiger partial charge in [-0.25, -0.2) is 4.39 Å². The van der Waals surface area contributed by atoms with Gasteiger partial charge in [-0.1, -0.05) is 12.1 Å². The number of aryl methyl sites for hydroxylation is 1. The summed E-state index contributed by atoms with van der Waals surface area (Å²) in [6.45, 7) is 5.90. The Hall–Kier alpha value is -2.56. The van der Waals surface area contributed by atoms with E-state index < -0.39 is 0 Å². The normalized spacial score (nSPS) is 18.0. The molecule has 132 valence electrons. The van der Waals surface area contributed by atoms with Gasteiger partial charge in [0, 0.05) is 12.0 Å². The smallest absolute Gasteiger partial charge is 0.258 e. The van der Waals surface area contributed by atoms with E-state index in [1.165, 1.54) is 24.3 Å². The van der Waals surface area contributed by atoms with Gasteiger partial charge in [0.05, 0.1) is 6.04 Å². The molecule has 1 aliphatic heterocycles. The lowest BCUT2D eigenvalue weighted by molar-refractivity contribution is -0.124. The van der Waals surface area contributed by atoms with Crippen molar-refractivity contribution in [3.8, 4) is 11.5 Å². The van der Waals surface area contributed by atoms with Gasteiger partial charge >= 0.3 is 0 Å². The van der Waals surface area contributed by atoms with Crippen LogP contribution in [0.25, 0.3) is 0 Å². The SMILES string of the molecule is Cc1ccc2c(c1)OC(C)(C)CC2NC(=O)COc1ccc(F)cc1. The Morgan fingerprint density at radius 3 is 2.72 bits per heavy atom. The highest BCUT2D eigenvalue weighted by Crippen LogP contribution is 2.39. The van der Waals surface area contributed by atoms with E-state index in [1.807, 2.05) is 39.0 Å².